The van der Waals surface area contributed by atoms with Crippen LogP contribution in [0, 0.1) is 0 Å². The van der Waals surface area contributed by atoms with Gasteiger partial charge in [-0.15, -0.1) is 0 Å². The molecule has 0 heterocycles. The summed E-state index contributed by atoms with van der Waals surface area (Å²) in [5.74, 6) is 0.0187. The molecule has 0 aliphatic heterocycles. The van der Waals surface area contributed by atoms with Crippen molar-refractivity contribution in [2.24, 2.45) is 0 Å². The molecule has 0 unspecified atom stereocenters. The lowest BCUT2D eigenvalue weighted by Gasteiger charge is -2.06. The van der Waals surface area contributed by atoms with E-state index in [-0.39, 0.29) is 15.7 Å². The van der Waals surface area contributed by atoms with Crippen molar-refractivity contribution in [2.45, 2.75) is 4.90 Å². The van der Waals surface area contributed by atoms with Gasteiger partial charge >= 0.3 is 0 Å². The molecule has 1 N–H and O–H groups in total. The monoisotopic (exact) mass is 267 g/mol. The van der Waals surface area contributed by atoms with Gasteiger partial charge in [0.05, 0.1) is 15.7 Å². The van der Waals surface area contributed by atoms with Crippen LogP contribution < -0.4 is 5.32 Å². The van der Waals surface area contributed by atoms with Crippen LogP contribution >= 0.6 is 23.2 Å². The molecule has 0 amide bonds. The van der Waals surface area contributed by atoms with Crippen LogP contribution in [0.15, 0.2) is 23.1 Å². The number of hydrogen-bond donors (Lipinski definition) is 1. The number of hydrogen-bond acceptors (Lipinski definition) is 3. The Labute approximate surface area is 99.3 Å². The summed E-state index contributed by atoms with van der Waals surface area (Å²) in [6, 6.07) is 4.37. The number of halogens is 2. The minimum absolute atomic E-state index is 0.0187. The van der Waals surface area contributed by atoms with Crippen LogP contribution in [0.2, 0.25) is 10.0 Å². The van der Waals surface area contributed by atoms with Gasteiger partial charge in [-0.25, -0.2) is 8.42 Å². The van der Waals surface area contributed by atoms with Crippen molar-refractivity contribution in [1.82, 2.24) is 5.32 Å². The first kappa shape index (κ1) is 12.8. The van der Waals surface area contributed by atoms with Gasteiger partial charge in [-0.2, -0.15) is 0 Å². The van der Waals surface area contributed by atoms with E-state index in [4.69, 9.17) is 23.2 Å². The van der Waals surface area contributed by atoms with E-state index in [0.717, 1.165) is 0 Å². The zero-order valence-electron chi connectivity index (χ0n) is 8.13. The fraction of sp³-hybridized carbons (Fsp3) is 0.333. The van der Waals surface area contributed by atoms with E-state index in [0.29, 0.717) is 11.6 Å². The standard InChI is InChI=1S/C9H11Cl2NO2S/c1-12-4-5-15(13,14)9-3-2-7(10)6-8(9)11/h2-3,6,12H,4-5H2,1H3. The number of benzene rings is 1. The lowest BCUT2D eigenvalue weighted by molar-refractivity contribution is 0.593. The maximum atomic E-state index is 11.8. The summed E-state index contributed by atoms with van der Waals surface area (Å²) >= 11 is 11.5. The SMILES string of the molecule is CNCCS(=O)(=O)c1ccc(Cl)cc1Cl. The van der Waals surface area contributed by atoms with E-state index in [9.17, 15) is 8.42 Å². The molecule has 1 aromatic carbocycles. The van der Waals surface area contributed by atoms with Crippen LogP contribution in [0.4, 0.5) is 0 Å². The molecule has 6 heteroatoms. The largest absolute Gasteiger partial charge is 0.319 e. The molecule has 0 aliphatic carbocycles. The van der Waals surface area contributed by atoms with Crippen LogP contribution in [0.25, 0.3) is 0 Å². The maximum Gasteiger partial charge on any atom is 0.181 e. The summed E-state index contributed by atoms with van der Waals surface area (Å²) in [6.07, 6.45) is 0. The lowest BCUT2D eigenvalue weighted by Crippen LogP contribution is -2.19. The normalized spacial score (nSPS) is 11.7. The quantitative estimate of drug-likeness (QED) is 0.908. The van der Waals surface area contributed by atoms with Crippen molar-refractivity contribution in [3.8, 4) is 0 Å². The highest BCUT2D eigenvalue weighted by atomic mass is 35.5. The average molecular weight is 268 g/mol. The van der Waals surface area contributed by atoms with Crippen LogP contribution in [0.3, 0.4) is 0 Å². The first-order valence-corrected chi connectivity index (χ1v) is 6.70. The minimum Gasteiger partial charge on any atom is -0.319 e. The Bertz CT molecular complexity index is 445. The summed E-state index contributed by atoms with van der Waals surface area (Å²) < 4.78 is 23.5. The number of sulfone groups is 1. The Morgan fingerprint density at radius 1 is 1.33 bits per heavy atom. The highest BCUT2D eigenvalue weighted by Crippen LogP contribution is 2.25. The fourth-order valence-electron chi connectivity index (χ4n) is 1.07. The van der Waals surface area contributed by atoms with Gasteiger partial charge in [0.2, 0.25) is 0 Å². The first-order valence-electron chi connectivity index (χ1n) is 4.30. The summed E-state index contributed by atoms with van der Waals surface area (Å²) in [5, 5.41) is 3.37. The van der Waals surface area contributed by atoms with Gasteiger partial charge in [-0.3, -0.25) is 0 Å². The Morgan fingerprint density at radius 3 is 2.53 bits per heavy atom. The molecule has 0 aliphatic rings. The molecule has 84 valence electrons. The van der Waals surface area contributed by atoms with Crippen molar-refractivity contribution >= 4 is 33.0 Å². The smallest absolute Gasteiger partial charge is 0.181 e. The predicted molar refractivity (Wildman–Crippen MR) is 62.4 cm³/mol. The molecule has 1 aromatic rings. The van der Waals surface area contributed by atoms with Gasteiger partial charge in [0.25, 0.3) is 0 Å². The van der Waals surface area contributed by atoms with E-state index in [1.165, 1.54) is 18.2 Å². The first-order chi connectivity index (χ1) is 6.97. The highest BCUT2D eigenvalue weighted by Gasteiger charge is 2.17. The molecular formula is C9H11Cl2NO2S. The highest BCUT2D eigenvalue weighted by molar-refractivity contribution is 7.91. The molecule has 1 rings (SSSR count). The van der Waals surface area contributed by atoms with E-state index < -0.39 is 9.84 Å². The van der Waals surface area contributed by atoms with Crippen molar-refractivity contribution in [3.05, 3.63) is 28.2 Å². The maximum absolute atomic E-state index is 11.8. The third kappa shape index (κ3) is 3.34. The van der Waals surface area contributed by atoms with Gasteiger partial charge < -0.3 is 5.32 Å². The van der Waals surface area contributed by atoms with Crippen LogP contribution in [-0.4, -0.2) is 27.8 Å². The molecule has 3 nitrogen and oxygen atoms in total. The van der Waals surface area contributed by atoms with Gasteiger partial charge in [0.1, 0.15) is 0 Å². The van der Waals surface area contributed by atoms with E-state index in [2.05, 4.69) is 5.32 Å². The Hall–Kier alpha value is -0.290. The Morgan fingerprint density at radius 2 is 2.00 bits per heavy atom. The van der Waals surface area contributed by atoms with Crippen molar-refractivity contribution in [2.75, 3.05) is 19.3 Å². The molecule has 0 fully saturated rings. The van der Waals surface area contributed by atoms with E-state index >= 15 is 0 Å². The van der Waals surface area contributed by atoms with Crippen molar-refractivity contribution in [1.29, 1.82) is 0 Å². The summed E-state index contributed by atoms with van der Waals surface area (Å²) in [6.45, 7) is 0.390. The third-order valence-electron chi connectivity index (χ3n) is 1.85. The second-order valence-electron chi connectivity index (χ2n) is 3.00. The molecule has 0 aromatic heterocycles. The summed E-state index contributed by atoms with van der Waals surface area (Å²) in [4.78, 5) is 0.129. The van der Waals surface area contributed by atoms with E-state index in [1.54, 1.807) is 7.05 Å². The van der Waals surface area contributed by atoms with Gasteiger partial charge in [0, 0.05) is 11.6 Å². The number of rotatable bonds is 4. The van der Waals surface area contributed by atoms with E-state index in [1.807, 2.05) is 0 Å². The Balaban J connectivity index is 3.05. The lowest BCUT2D eigenvalue weighted by atomic mass is 10.4. The fourth-order valence-corrected chi connectivity index (χ4v) is 3.16. The van der Waals surface area contributed by atoms with Crippen molar-refractivity contribution in [3.63, 3.8) is 0 Å². The van der Waals surface area contributed by atoms with Crippen molar-refractivity contribution < 1.29 is 8.42 Å². The topological polar surface area (TPSA) is 46.2 Å². The number of nitrogens with one attached hydrogen (secondary N) is 1. The van der Waals surface area contributed by atoms with Gasteiger partial charge in [-0.1, -0.05) is 23.2 Å². The molecular weight excluding hydrogens is 257 g/mol. The molecule has 0 atom stereocenters. The molecule has 0 saturated heterocycles. The molecule has 0 spiro atoms. The van der Waals surface area contributed by atoms with Crippen LogP contribution in [-0.2, 0) is 9.84 Å². The second kappa shape index (κ2) is 5.16. The molecule has 0 bridgehead atoms. The molecule has 15 heavy (non-hydrogen) atoms. The predicted octanol–water partition coefficient (Wildman–Crippen LogP) is 1.99. The molecule has 0 radical (unpaired) electrons. The zero-order valence-corrected chi connectivity index (χ0v) is 10.5. The Kier molecular flexibility index (Phi) is 4.40. The van der Waals surface area contributed by atoms with Crippen LogP contribution in [0.5, 0.6) is 0 Å². The summed E-state index contributed by atoms with van der Waals surface area (Å²) in [5.41, 5.74) is 0. The zero-order chi connectivity index (χ0) is 11.5. The third-order valence-corrected chi connectivity index (χ3v) is 4.28. The van der Waals surface area contributed by atoms with Gasteiger partial charge in [-0.05, 0) is 25.2 Å². The second-order valence-corrected chi connectivity index (χ2v) is 5.92. The minimum atomic E-state index is -3.32. The average Bonchev–Trinajstić information content (AvgIpc) is 2.14. The summed E-state index contributed by atoms with van der Waals surface area (Å²) in [7, 11) is -1.63. The van der Waals surface area contributed by atoms with Gasteiger partial charge in [0.15, 0.2) is 9.84 Å². The van der Waals surface area contributed by atoms with Crippen LogP contribution in [0.1, 0.15) is 0 Å². The molecule has 0 saturated carbocycles.